The van der Waals surface area contributed by atoms with Gasteiger partial charge in [0.15, 0.2) is 0 Å². The van der Waals surface area contributed by atoms with E-state index in [1.165, 1.54) is 18.2 Å². The summed E-state index contributed by atoms with van der Waals surface area (Å²) in [6.45, 7) is 2.93. The Labute approximate surface area is 223 Å². The van der Waals surface area contributed by atoms with E-state index in [1.807, 2.05) is 54.5 Å². The van der Waals surface area contributed by atoms with Gasteiger partial charge in [-0.3, -0.25) is 19.7 Å². The van der Waals surface area contributed by atoms with Crippen LogP contribution in [0.25, 0.3) is 10.9 Å². The predicted octanol–water partition coefficient (Wildman–Crippen LogP) is 5.88. The summed E-state index contributed by atoms with van der Waals surface area (Å²) in [5.41, 5.74) is 3.09. The number of amides is 2. The van der Waals surface area contributed by atoms with E-state index in [1.54, 1.807) is 4.90 Å². The maximum atomic E-state index is 13.3. The number of aromatic nitrogens is 3. The molecule has 1 aliphatic heterocycles. The number of fused-ring (bicyclic) bond motifs is 1. The number of carbonyl (C=O) groups is 2. The number of aryl methyl sites for hydroxylation is 2. The van der Waals surface area contributed by atoms with E-state index in [0.717, 1.165) is 35.5 Å². The van der Waals surface area contributed by atoms with E-state index in [4.69, 9.17) is 0 Å². The number of aromatic amines is 1. The molecule has 1 fully saturated rings. The van der Waals surface area contributed by atoms with Gasteiger partial charge in [0.25, 0.3) is 5.91 Å². The highest BCUT2D eigenvalue weighted by atomic mass is 19.4. The third-order valence-electron chi connectivity index (χ3n) is 7.09. The van der Waals surface area contributed by atoms with Gasteiger partial charge in [-0.25, -0.2) is 0 Å². The fourth-order valence-corrected chi connectivity index (χ4v) is 5.00. The van der Waals surface area contributed by atoms with Crippen LogP contribution in [0, 0.1) is 6.92 Å². The first kappa shape index (κ1) is 26.4. The molecular weight excluding hydrogens is 507 g/mol. The quantitative estimate of drug-likeness (QED) is 0.323. The van der Waals surface area contributed by atoms with Crippen molar-refractivity contribution >= 4 is 28.4 Å². The van der Waals surface area contributed by atoms with Crippen molar-refractivity contribution in [2.24, 2.45) is 0 Å². The highest BCUT2D eigenvalue weighted by molar-refractivity contribution is 5.98. The smallest absolute Gasteiger partial charge is 0.339 e. The second-order valence-corrected chi connectivity index (χ2v) is 9.84. The van der Waals surface area contributed by atoms with Gasteiger partial charge >= 0.3 is 6.18 Å². The third-order valence-corrected chi connectivity index (χ3v) is 7.09. The van der Waals surface area contributed by atoms with Crippen LogP contribution in [0.3, 0.4) is 0 Å². The van der Waals surface area contributed by atoms with Gasteiger partial charge < -0.3 is 10.2 Å². The summed E-state index contributed by atoms with van der Waals surface area (Å²) in [5.74, 6) is -0.114. The van der Waals surface area contributed by atoms with Crippen molar-refractivity contribution in [1.82, 2.24) is 20.1 Å². The molecule has 0 spiro atoms. The molecule has 3 heterocycles. The fraction of sp³-hybridized carbons (Fsp3) is 0.310. The van der Waals surface area contributed by atoms with Crippen LogP contribution >= 0.6 is 0 Å². The van der Waals surface area contributed by atoms with Crippen molar-refractivity contribution in [1.29, 1.82) is 0 Å². The van der Waals surface area contributed by atoms with E-state index < -0.39 is 11.9 Å². The Morgan fingerprint density at radius 3 is 2.49 bits per heavy atom. The van der Waals surface area contributed by atoms with Crippen LogP contribution < -0.4 is 5.32 Å². The monoisotopic (exact) mass is 535 g/mol. The summed E-state index contributed by atoms with van der Waals surface area (Å²) >= 11 is 0. The number of H-pyrrole nitrogens is 1. The molecule has 2 aromatic heterocycles. The summed E-state index contributed by atoms with van der Waals surface area (Å²) in [5, 5.41) is 8.53. The lowest BCUT2D eigenvalue weighted by atomic mass is 9.89. The zero-order valence-corrected chi connectivity index (χ0v) is 21.4. The van der Waals surface area contributed by atoms with E-state index in [2.05, 4.69) is 15.4 Å². The SMILES string of the molecule is Cc1cccc(CCC(=O)Nc2ccc(C3CCN(C(=O)c4ccc5n[nH]c(C(F)(F)F)c5c4)CC3)cc2)n1. The predicted molar refractivity (Wildman–Crippen MR) is 141 cm³/mol. The van der Waals surface area contributed by atoms with Crippen LogP contribution in [0.1, 0.15) is 58.2 Å². The highest BCUT2D eigenvalue weighted by Gasteiger charge is 2.35. The minimum atomic E-state index is -4.58. The van der Waals surface area contributed by atoms with Gasteiger partial charge in [-0.2, -0.15) is 18.3 Å². The van der Waals surface area contributed by atoms with Gasteiger partial charge in [0.1, 0.15) is 5.69 Å². The average Bonchev–Trinajstić information content (AvgIpc) is 3.36. The molecule has 4 aromatic rings. The number of alkyl halides is 3. The Balaban J connectivity index is 1.14. The number of benzene rings is 2. The molecule has 7 nitrogen and oxygen atoms in total. The number of carbonyl (C=O) groups excluding carboxylic acids is 2. The van der Waals surface area contributed by atoms with E-state index >= 15 is 0 Å². The van der Waals surface area contributed by atoms with Crippen LogP contribution in [0.15, 0.2) is 60.7 Å². The van der Waals surface area contributed by atoms with Gasteiger partial charge in [0.05, 0.1) is 5.52 Å². The lowest BCUT2D eigenvalue weighted by Crippen LogP contribution is -2.37. The minimum Gasteiger partial charge on any atom is -0.339 e. The third kappa shape index (κ3) is 6.10. The van der Waals surface area contributed by atoms with E-state index in [9.17, 15) is 22.8 Å². The standard InChI is InChI=1S/C29H28F3N5O2/c1-18-3-2-4-22(33-18)10-12-26(38)34-23-8-5-19(6-9-23)20-13-15-37(16-14-20)28(39)21-7-11-25-24(17-21)27(36-35-25)29(30,31)32/h2-9,11,17,20H,10,12-16H2,1H3,(H,34,38)(H,35,36). The molecule has 2 amide bonds. The molecule has 39 heavy (non-hydrogen) atoms. The number of pyridine rings is 1. The van der Waals surface area contributed by atoms with Crippen LogP contribution in [0.5, 0.6) is 0 Å². The van der Waals surface area contributed by atoms with Crippen LogP contribution in [0.2, 0.25) is 0 Å². The number of halogens is 3. The summed E-state index contributed by atoms with van der Waals surface area (Å²) in [6.07, 6.45) is -2.19. The molecule has 1 saturated heterocycles. The first-order valence-electron chi connectivity index (χ1n) is 12.8. The summed E-state index contributed by atoms with van der Waals surface area (Å²) in [7, 11) is 0. The molecule has 2 aromatic carbocycles. The van der Waals surface area contributed by atoms with Gasteiger partial charge in [0.2, 0.25) is 5.91 Å². The number of nitrogens with one attached hydrogen (secondary N) is 2. The topological polar surface area (TPSA) is 91.0 Å². The molecule has 0 atom stereocenters. The Kier molecular flexibility index (Phi) is 7.36. The summed E-state index contributed by atoms with van der Waals surface area (Å²) in [6, 6.07) is 17.7. The molecule has 202 valence electrons. The molecule has 0 bridgehead atoms. The van der Waals surface area contributed by atoms with Gasteiger partial charge in [-0.15, -0.1) is 0 Å². The molecule has 0 unspecified atom stereocenters. The van der Waals surface area contributed by atoms with Crippen molar-refractivity contribution < 1.29 is 22.8 Å². The van der Waals surface area contributed by atoms with Gasteiger partial charge in [-0.05, 0) is 80.1 Å². The van der Waals surface area contributed by atoms with Crippen LogP contribution in [-0.2, 0) is 17.4 Å². The number of likely N-dealkylation sites (tertiary alicyclic amines) is 1. The van der Waals surface area contributed by atoms with Crippen molar-refractivity contribution in [3.8, 4) is 0 Å². The lowest BCUT2D eigenvalue weighted by molar-refractivity contribution is -0.140. The Morgan fingerprint density at radius 1 is 1.05 bits per heavy atom. The number of rotatable bonds is 6. The Morgan fingerprint density at radius 2 is 1.79 bits per heavy atom. The Bertz CT molecular complexity index is 1490. The average molecular weight is 536 g/mol. The second-order valence-electron chi connectivity index (χ2n) is 9.84. The largest absolute Gasteiger partial charge is 0.433 e. The van der Waals surface area contributed by atoms with Crippen molar-refractivity contribution in [2.75, 3.05) is 18.4 Å². The van der Waals surface area contributed by atoms with Crippen molar-refractivity contribution in [2.45, 2.75) is 44.7 Å². The first-order valence-corrected chi connectivity index (χ1v) is 12.8. The minimum absolute atomic E-state index is 0.0751. The Hall–Kier alpha value is -4.21. The number of hydrogen-bond acceptors (Lipinski definition) is 4. The molecular formula is C29H28F3N5O2. The normalized spacial score (nSPS) is 14.5. The van der Waals surface area contributed by atoms with Crippen molar-refractivity contribution in [3.05, 3.63) is 88.9 Å². The van der Waals surface area contributed by atoms with E-state index in [-0.39, 0.29) is 34.2 Å². The molecule has 0 saturated carbocycles. The van der Waals surface area contributed by atoms with Gasteiger partial charge in [0, 0.05) is 47.5 Å². The fourth-order valence-electron chi connectivity index (χ4n) is 5.00. The molecule has 5 rings (SSSR count). The number of hydrogen-bond donors (Lipinski definition) is 2. The molecule has 10 heteroatoms. The summed E-state index contributed by atoms with van der Waals surface area (Å²) < 4.78 is 39.8. The zero-order chi connectivity index (χ0) is 27.6. The number of nitrogens with zero attached hydrogens (tertiary/aromatic N) is 3. The van der Waals surface area contributed by atoms with Crippen molar-refractivity contribution in [3.63, 3.8) is 0 Å². The van der Waals surface area contributed by atoms with Crippen LogP contribution in [-0.4, -0.2) is 45.0 Å². The maximum Gasteiger partial charge on any atom is 0.433 e. The molecule has 2 N–H and O–H groups in total. The number of anilines is 1. The molecule has 0 aliphatic carbocycles. The maximum absolute atomic E-state index is 13.3. The second kappa shape index (κ2) is 10.9. The number of piperidine rings is 1. The zero-order valence-electron chi connectivity index (χ0n) is 21.4. The first-order chi connectivity index (χ1) is 18.7. The lowest BCUT2D eigenvalue weighted by Gasteiger charge is -2.32. The molecule has 1 aliphatic rings. The van der Waals surface area contributed by atoms with E-state index in [0.29, 0.717) is 25.9 Å². The van der Waals surface area contributed by atoms with Crippen LogP contribution in [0.4, 0.5) is 18.9 Å². The molecule has 0 radical (unpaired) electrons. The highest BCUT2D eigenvalue weighted by Crippen LogP contribution is 2.34. The summed E-state index contributed by atoms with van der Waals surface area (Å²) in [4.78, 5) is 31.5. The van der Waals surface area contributed by atoms with Gasteiger partial charge in [-0.1, -0.05) is 18.2 Å².